The number of benzene rings is 1. The second kappa shape index (κ2) is 10.8. The molecule has 0 bridgehead atoms. The number of H-pyrrole nitrogens is 1. The summed E-state index contributed by atoms with van der Waals surface area (Å²) >= 11 is 0. The van der Waals surface area contributed by atoms with E-state index < -0.39 is 0 Å². The van der Waals surface area contributed by atoms with Crippen molar-refractivity contribution in [3.63, 3.8) is 0 Å². The van der Waals surface area contributed by atoms with Crippen LogP contribution in [0, 0.1) is 5.92 Å². The minimum atomic E-state index is 0. The van der Waals surface area contributed by atoms with Crippen molar-refractivity contribution < 1.29 is 0 Å². The summed E-state index contributed by atoms with van der Waals surface area (Å²) in [4.78, 5) is 10.6. The van der Waals surface area contributed by atoms with E-state index in [1.807, 2.05) is 0 Å². The quantitative estimate of drug-likeness (QED) is 0.346. The number of piperidine rings is 1. The van der Waals surface area contributed by atoms with Gasteiger partial charge in [-0.3, -0.25) is 4.99 Å². The summed E-state index contributed by atoms with van der Waals surface area (Å²) in [5, 5.41) is 8.17. The number of halogens is 1. The van der Waals surface area contributed by atoms with Crippen molar-refractivity contribution >= 4 is 40.8 Å². The molecule has 1 fully saturated rings. The third-order valence-electron chi connectivity index (χ3n) is 5.05. The Morgan fingerprint density at radius 1 is 1.23 bits per heavy atom. The highest BCUT2D eigenvalue weighted by Crippen LogP contribution is 2.18. The summed E-state index contributed by atoms with van der Waals surface area (Å²) in [6.45, 7) is 7.23. The van der Waals surface area contributed by atoms with Gasteiger partial charge in [-0.2, -0.15) is 0 Å². The number of rotatable bonds is 6. The number of aromatic amines is 1. The molecule has 1 saturated heterocycles. The van der Waals surface area contributed by atoms with Crippen molar-refractivity contribution in [2.75, 3.05) is 39.8 Å². The molecule has 26 heavy (non-hydrogen) atoms. The smallest absolute Gasteiger partial charge is 0.191 e. The number of hydrogen-bond acceptors (Lipinski definition) is 2. The van der Waals surface area contributed by atoms with E-state index in [0.717, 1.165) is 37.9 Å². The Labute approximate surface area is 174 Å². The van der Waals surface area contributed by atoms with Gasteiger partial charge in [0.15, 0.2) is 5.96 Å². The van der Waals surface area contributed by atoms with E-state index in [1.165, 1.54) is 42.4 Å². The first-order valence-electron chi connectivity index (χ1n) is 9.52. The predicted octanol–water partition coefficient (Wildman–Crippen LogP) is 3.23. The molecule has 1 aromatic carbocycles. The van der Waals surface area contributed by atoms with Crippen LogP contribution in [-0.2, 0) is 6.42 Å². The molecule has 0 amide bonds. The van der Waals surface area contributed by atoms with E-state index in [4.69, 9.17) is 4.99 Å². The van der Waals surface area contributed by atoms with Gasteiger partial charge in [0.25, 0.3) is 0 Å². The molecule has 5 nitrogen and oxygen atoms in total. The number of hydrogen-bond donors (Lipinski definition) is 3. The summed E-state index contributed by atoms with van der Waals surface area (Å²) in [5.74, 6) is 1.67. The van der Waals surface area contributed by atoms with Crippen LogP contribution in [0.5, 0.6) is 0 Å². The molecule has 0 radical (unpaired) electrons. The molecular weight excluding hydrogens is 437 g/mol. The topological polar surface area (TPSA) is 55.5 Å². The van der Waals surface area contributed by atoms with Crippen LogP contribution >= 0.6 is 24.0 Å². The van der Waals surface area contributed by atoms with Gasteiger partial charge in [-0.15, -0.1) is 24.0 Å². The lowest BCUT2D eigenvalue weighted by Crippen LogP contribution is -2.39. The molecule has 1 aliphatic rings. The van der Waals surface area contributed by atoms with Crippen molar-refractivity contribution in [1.82, 2.24) is 20.5 Å². The molecule has 0 atom stereocenters. The minimum absolute atomic E-state index is 0. The molecule has 1 aliphatic heterocycles. The van der Waals surface area contributed by atoms with Crippen molar-refractivity contribution in [2.45, 2.75) is 26.2 Å². The molecule has 144 valence electrons. The van der Waals surface area contributed by atoms with Gasteiger partial charge >= 0.3 is 0 Å². The number of nitrogens with zero attached hydrogens (tertiary/aromatic N) is 2. The summed E-state index contributed by atoms with van der Waals surface area (Å²) in [5.41, 5.74) is 2.56. The van der Waals surface area contributed by atoms with E-state index in [9.17, 15) is 0 Å². The molecule has 0 saturated carbocycles. The van der Waals surface area contributed by atoms with Crippen LogP contribution in [0.25, 0.3) is 10.9 Å². The molecule has 6 heteroatoms. The fourth-order valence-corrected chi connectivity index (χ4v) is 3.46. The van der Waals surface area contributed by atoms with Gasteiger partial charge in [-0.05, 0) is 63.9 Å². The molecular formula is C20H32IN5. The van der Waals surface area contributed by atoms with E-state index in [1.54, 1.807) is 0 Å². The normalized spacial score (nSPS) is 16.5. The maximum absolute atomic E-state index is 4.81. The summed E-state index contributed by atoms with van der Waals surface area (Å²) in [6, 6.07) is 8.47. The number of likely N-dealkylation sites (tertiary alicyclic amines) is 1. The van der Waals surface area contributed by atoms with Crippen LogP contribution in [0.1, 0.15) is 25.3 Å². The van der Waals surface area contributed by atoms with E-state index in [-0.39, 0.29) is 24.0 Å². The highest BCUT2D eigenvalue weighted by molar-refractivity contribution is 14.0. The average Bonchev–Trinajstić information content (AvgIpc) is 3.04. The van der Waals surface area contributed by atoms with Crippen LogP contribution in [0.15, 0.2) is 35.5 Å². The van der Waals surface area contributed by atoms with Crippen LogP contribution in [0.3, 0.4) is 0 Å². The Kier molecular flexibility index (Phi) is 8.71. The number of aromatic nitrogens is 1. The molecule has 2 heterocycles. The zero-order valence-corrected chi connectivity index (χ0v) is 18.3. The fourth-order valence-electron chi connectivity index (χ4n) is 3.46. The lowest BCUT2D eigenvalue weighted by atomic mass is 9.97. The van der Waals surface area contributed by atoms with Gasteiger partial charge in [-0.1, -0.05) is 18.2 Å². The summed E-state index contributed by atoms with van der Waals surface area (Å²) in [6.07, 6.45) is 5.63. The molecule has 2 aromatic rings. The zero-order valence-electron chi connectivity index (χ0n) is 15.9. The average molecular weight is 469 g/mol. The Hall–Kier alpha value is -1.28. The molecule has 0 spiro atoms. The van der Waals surface area contributed by atoms with Crippen LogP contribution in [-0.4, -0.2) is 55.6 Å². The van der Waals surface area contributed by atoms with E-state index >= 15 is 0 Å². The number of nitrogens with one attached hydrogen (secondary N) is 3. The minimum Gasteiger partial charge on any atom is -0.361 e. The fraction of sp³-hybridized carbons (Fsp3) is 0.550. The third-order valence-corrected chi connectivity index (χ3v) is 5.05. The lowest BCUT2D eigenvalue weighted by molar-refractivity contribution is 0.223. The van der Waals surface area contributed by atoms with E-state index in [0.29, 0.717) is 0 Å². The lowest BCUT2D eigenvalue weighted by Gasteiger charge is -2.28. The van der Waals surface area contributed by atoms with Crippen LogP contribution < -0.4 is 10.6 Å². The van der Waals surface area contributed by atoms with Gasteiger partial charge in [0.1, 0.15) is 0 Å². The standard InChI is InChI=1S/C20H31N5.HI/c1-3-21-20(24-14-16-9-12-25(2)13-10-16)22-11-8-17-15-23-19-7-5-4-6-18(17)19;/h4-7,15-16,23H,3,8-14H2,1-2H3,(H2,21,22,24);1H. The Balaban J connectivity index is 0.00000243. The molecule has 0 aliphatic carbocycles. The second-order valence-electron chi connectivity index (χ2n) is 7.00. The summed E-state index contributed by atoms with van der Waals surface area (Å²) < 4.78 is 0. The monoisotopic (exact) mass is 469 g/mol. The second-order valence-corrected chi connectivity index (χ2v) is 7.00. The van der Waals surface area contributed by atoms with Crippen LogP contribution in [0.2, 0.25) is 0 Å². The Morgan fingerprint density at radius 3 is 2.77 bits per heavy atom. The van der Waals surface area contributed by atoms with Crippen molar-refractivity contribution in [2.24, 2.45) is 10.9 Å². The SMILES string of the molecule is CCNC(=NCC1CCN(C)CC1)NCCc1c[nH]c2ccccc12.I. The van der Waals surface area contributed by atoms with Gasteiger partial charge in [-0.25, -0.2) is 0 Å². The number of para-hydroxylation sites is 1. The number of aliphatic imine (C=N–C) groups is 1. The predicted molar refractivity (Wildman–Crippen MR) is 122 cm³/mol. The van der Waals surface area contributed by atoms with Gasteiger partial charge in [0, 0.05) is 36.7 Å². The Morgan fingerprint density at radius 2 is 2.00 bits per heavy atom. The molecule has 1 aromatic heterocycles. The number of fused-ring (bicyclic) bond motifs is 1. The molecule has 3 rings (SSSR count). The maximum Gasteiger partial charge on any atom is 0.191 e. The Bertz CT molecular complexity index is 688. The maximum atomic E-state index is 4.81. The first kappa shape index (κ1) is 21.0. The van der Waals surface area contributed by atoms with Gasteiger partial charge in [0.2, 0.25) is 0 Å². The molecule has 0 unspecified atom stereocenters. The van der Waals surface area contributed by atoms with Crippen molar-refractivity contribution in [3.05, 3.63) is 36.0 Å². The highest BCUT2D eigenvalue weighted by Gasteiger charge is 2.16. The van der Waals surface area contributed by atoms with Crippen LogP contribution in [0.4, 0.5) is 0 Å². The molecule has 3 N–H and O–H groups in total. The zero-order chi connectivity index (χ0) is 17.5. The first-order chi connectivity index (χ1) is 12.3. The number of guanidine groups is 1. The summed E-state index contributed by atoms with van der Waals surface area (Å²) in [7, 11) is 2.20. The third kappa shape index (κ3) is 5.87. The van der Waals surface area contributed by atoms with E-state index in [2.05, 4.69) is 65.0 Å². The van der Waals surface area contributed by atoms with Crippen molar-refractivity contribution in [3.8, 4) is 0 Å². The first-order valence-corrected chi connectivity index (χ1v) is 9.52. The largest absolute Gasteiger partial charge is 0.361 e. The van der Waals surface area contributed by atoms with Crippen molar-refractivity contribution in [1.29, 1.82) is 0 Å². The van der Waals surface area contributed by atoms with Gasteiger partial charge < -0.3 is 20.5 Å². The highest BCUT2D eigenvalue weighted by atomic mass is 127. The van der Waals surface area contributed by atoms with Gasteiger partial charge in [0.05, 0.1) is 0 Å².